The molecule has 23 heavy (non-hydrogen) atoms. The van der Waals surface area contributed by atoms with Gasteiger partial charge in [-0.05, 0) is 17.2 Å². The molecule has 2 N–H and O–H groups in total. The van der Waals surface area contributed by atoms with Crippen molar-refractivity contribution in [3.8, 4) is 0 Å². The van der Waals surface area contributed by atoms with Crippen LogP contribution in [0.25, 0.3) is 0 Å². The van der Waals surface area contributed by atoms with Crippen molar-refractivity contribution in [2.75, 3.05) is 19.6 Å². The molecule has 2 unspecified atom stereocenters. The fraction of sp³-hybridized carbons (Fsp3) is 0.278. The van der Waals surface area contributed by atoms with Crippen LogP contribution in [0.1, 0.15) is 23.3 Å². The Labute approximate surface area is 140 Å². The molecule has 0 spiro atoms. The zero-order valence-corrected chi connectivity index (χ0v) is 13.4. The molecule has 1 saturated heterocycles. The van der Waals surface area contributed by atoms with E-state index in [0.717, 1.165) is 11.1 Å². The number of amides is 1. The lowest BCUT2D eigenvalue weighted by Crippen LogP contribution is -2.51. The SMILES string of the molecule is O=C1NCCN(CC(O)c2ccccc2)C1c1ccccc1Cl. The van der Waals surface area contributed by atoms with Crippen molar-refractivity contribution in [1.29, 1.82) is 0 Å². The van der Waals surface area contributed by atoms with Crippen LogP contribution in [-0.2, 0) is 4.79 Å². The fourth-order valence-electron chi connectivity index (χ4n) is 2.95. The van der Waals surface area contributed by atoms with Crippen LogP contribution in [0.3, 0.4) is 0 Å². The van der Waals surface area contributed by atoms with Gasteiger partial charge in [0.15, 0.2) is 0 Å². The second kappa shape index (κ2) is 7.13. The Hall–Kier alpha value is -1.88. The second-order valence-electron chi connectivity index (χ2n) is 5.64. The van der Waals surface area contributed by atoms with E-state index >= 15 is 0 Å². The molecule has 0 bridgehead atoms. The number of piperazine rings is 1. The smallest absolute Gasteiger partial charge is 0.242 e. The largest absolute Gasteiger partial charge is 0.387 e. The number of aliphatic hydroxyl groups excluding tert-OH is 1. The summed E-state index contributed by atoms with van der Waals surface area (Å²) in [5.41, 5.74) is 1.61. The highest BCUT2D eigenvalue weighted by Crippen LogP contribution is 2.30. The molecule has 1 amide bonds. The van der Waals surface area contributed by atoms with E-state index in [9.17, 15) is 9.90 Å². The van der Waals surface area contributed by atoms with E-state index in [2.05, 4.69) is 5.32 Å². The number of carbonyl (C=O) groups is 1. The van der Waals surface area contributed by atoms with Gasteiger partial charge < -0.3 is 10.4 Å². The second-order valence-corrected chi connectivity index (χ2v) is 6.04. The minimum atomic E-state index is -0.646. The minimum Gasteiger partial charge on any atom is -0.387 e. The zero-order chi connectivity index (χ0) is 16.2. The number of hydrogen-bond acceptors (Lipinski definition) is 3. The summed E-state index contributed by atoms with van der Waals surface area (Å²) in [6.45, 7) is 1.63. The average Bonchev–Trinajstić information content (AvgIpc) is 2.57. The predicted octanol–water partition coefficient (Wildman–Crippen LogP) is 2.55. The maximum atomic E-state index is 12.4. The first-order valence-electron chi connectivity index (χ1n) is 7.66. The Morgan fingerprint density at radius 2 is 1.87 bits per heavy atom. The number of β-amino-alcohol motifs (C(OH)–C–C–N with tert-alkyl or cyclic N) is 1. The summed E-state index contributed by atoms with van der Waals surface area (Å²) in [4.78, 5) is 14.4. The summed E-state index contributed by atoms with van der Waals surface area (Å²) in [6, 6.07) is 16.4. The molecule has 2 aromatic carbocycles. The Morgan fingerprint density at radius 3 is 2.61 bits per heavy atom. The normalized spacial score (nSPS) is 20.1. The molecule has 1 aliphatic rings. The van der Waals surface area contributed by atoms with Gasteiger partial charge in [-0.2, -0.15) is 0 Å². The molecule has 2 atom stereocenters. The topological polar surface area (TPSA) is 52.6 Å². The number of rotatable bonds is 4. The van der Waals surface area contributed by atoms with E-state index in [1.807, 2.05) is 53.4 Å². The summed E-state index contributed by atoms with van der Waals surface area (Å²) >= 11 is 6.27. The van der Waals surface area contributed by atoms with Crippen LogP contribution in [0, 0.1) is 0 Å². The van der Waals surface area contributed by atoms with Crippen LogP contribution in [0.2, 0.25) is 5.02 Å². The molecule has 2 aromatic rings. The lowest BCUT2D eigenvalue weighted by Gasteiger charge is -2.36. The third-order valence-electron chi connectivity index (χ3n) is 4.10. The number of halogens is 1. The number of nitrogens with zero attached hydrogens (tertiary/aromatic N) is 1. The van der Waals surface area contributed by atoms with Crippen molar-refractivity contribution in [2.24, 2.45) is 0 Å². The minimum absolute atomic E-state index is 0.0791. The molecule has 5 heteroatoms. The van der Waals surface area contributed by atoms with Gasteiger partial charge in [-0.1, -0.05) is 60.1 Å². The van der Waals surface area contributed by atoms with Crippen LogP contribution < -0.4 is 5.32 Å². The van der Waals surface area contributed by atoms with Crippen LogP contribution in [0.5, 0.6) is 0 Å². The zero-order valence-electron chi connectivity index (χ0n) is 12.7. The van der Waals surface area contributed by atoms with Crippen molar-refractivity contribution < 1.29 is 9.90 Å². The maximum absolute atomic E-state index is 12.4. The van der Waals surface area contributed by atoms with Gasteiger partial charge in [0, 0.05) is 24.7 Å². The molecular weight excluding hydrogens is 312 g/mol. The van der Waals surface area contributed by atoms with Crippen LogP contribution in [-0.4, -0.2) is 35.5 Å². The summed E-state index contributed by atoms with van der Waals surface area (Å²) in [7, 11) is 0. The van der Waals surface area contributed by atoms with E-state index in [1.54, 1.807) is 6.07 Å². The van der Waals surface area contributed by atoms with Gasteiger partial charge in [0.2, 0.25) is 5.91 Å². The van der Waals surface area contributed by atoms with Gasteiger partial charge >= 0.3 is 0 Å². The average molecular weight is 331 g/mol. The van der Waals surface area contributed by atoms with Crippen LogP contribution in [0.4, 0.5) is 0 Å². The number of nitrogens with one attached hydrogen (secondary N) is 1. The van der Waals surface area contributed by atoms with Crippen molar-refractivity contribution in [3.63, 3.8) is 0 Å². The molecule has 0 aromatic heterocycles. The van der Waals surface area contributed by atoms with Gasteiger partial charge in [-0.15, -0.1) is 0 Å². The molecule has 1 heterocycles. The van der Waals surface area contributed by atoms with Gasteiger partial charge in [0.25, 0.3) is 0 Å². The quantitative estimate of drug-likeness (QED) is 0.906. The number of carbonyl (C=O) groups excluding carboxylic acids is 1. The maximum Gasteiger partial charge on any atom is 0.242 e. The van der Waals surface area contributed by atoms with Gasteiger partial charge in [0.05, 0.1) is 6.10 Å². The standard InChI is InChI=1S/C18H19ClN2O2/c19-15-9-5-4-8-14(15)17-18(23)20-10-11-21(17)12-16(22)13-6-2-1-3-7-13/h1-9,16-17,22H,10-12H2,(H,20,23). The first-order valence-corrected chi connectivity index (χ1v) is 8.04. The summed E-state index contributed by atoms with van der Waals surface area (Å²) in [6.07, 6.45) is -0.646. The molecule has 120 valence electrons. The van der Waals surface area contributed by atoms with Crippen molar-refractivity contribution in [1.82, 2.24) is 10.2 Å². The molecular formula is C18H19ClN2O2. The van der Waals surface area contributed by atoms with Crippen molar-refractivity contribution in [2.45, 2.75) is 12.1 Å². The van der Waals surface area contributed by atoms with Crippen molar-refractivity contribution >= 4 is 17.5 Å². The van der Waals surface area contributed by atoms with Gasteiger partial charge in [-0.25, -0.2) is 0 Å². The molecule has 3 rings (SSSR count). The summed E-state index contributed by atoms with van der Waals surface area (Å²) in [5.74, 6) is -0.0791. The number of aliphatic hydroxyl groups is 1. The van der Waals surface area contributed by atoms with E-state index in [-0.39, 0.29) is 5.91 Å². The van der Waals surface area contributed by atoms with E-state index < -0.39 is 12.1 Å². The fourth-order valence-corrected chi connectivity index (χ4v) is 3.19. The van der Waals surface area contributed by atoms with E-state index in [1.165, 1.54) is 0 Å². The molecule has 1 fully saturated rings. The van der Waals surface area contributed by atoms with E-state index in [0.29, 0.717) is 24.7 Å². The predicted molar refractivity (Wildman–Crippen MR) is 90.2 cm³/mol. The molecule has 4 nitrogen and oxygen atoms in total. The molecule has 0 radical (unpaired) electrons. The molecule has 0 aliphatic carbocycles. The third-order valence-corrected chi connectivity index (χ3v) is 4.45. The molecule has 1 aliphatic heterocycles. The van der Waals surface area contributed by atoms with Crippen LogP contribution >= 0.6 is 11.6 Å². The molecule has 0 saturated carbocycles. The Kier molecular flexibility index (Phi) is 4.96. The third kappa shape index (κ3) is 3.55. The highest BCUT2D eigenvalue weighted by atomic mass is 35.5. The lowest BCUT2D eigenvalue weighted by atomic mass is 10.0. The first-order chi connectivity index (χ1) is 11.2. The summed E-state index contributed by atoms with van der Waals surface area (Å²) < 4.78 is 0. The Bertz CT molecular complexity index is 678. The Balaban J connectivity index is 1.84. The monoisotopic (exact) mass is 330 g/mol. The number of benzene rings is 2. The lowest BCUT2D eigenvalue weighted by molar-refractivity contribution is -0.130. The van der Waals surface area contributed by atoms with Gasteiger partial charge in [-0.3, -0.25) is 9.69 Å². The summed E-state index contributed by atoms with van der Waals surface area (Å²) in [5, 5.41) is 13.9. The van der Waals surface area contributed by atoms with E-state index in [4.69, 9.17) is 11.6 Å². The first kappa shape index (κ1) is 16.0. The highest BCUT2D eigenvalue weighted by Gasteiger charge is 2.33. The number of hydrogen-bond donors (Lipinski definition) is 2. The highest BCUT2D eigenvalue weighted by molar-refractivity contribution is 6.31. The van der Waals surface area contributed by atoms with Gasteiger partial charge in [0.1, 0.15) is 6.04 Å². The van der Waals surface area contributed by atoms with Crippen molar-refractivity contribution in [3.05, 3.63) is 70.7 Å². The Morgan fingerprint density at radius 1 is 1.17 bits per heavy atom. The van der Waals surface area contributed by atoms with Crippen LogP contribution in [0.15, 0.2) is 54.6 Å².